The van der Waals surface area contributed by atoms with E-state index < -0.39 is 5.79 Å². The molecule has 1 aliphatic carbocycles. The summed E-state index contributed by atoms with van der Waals surface area (Å²) in [6, 6.07) is 10.0. The second-order valence-electron chi connectivity index (χ2n) is 7.91. The first-order valence-electron chi connectivity index (χ1n) is 10.0. The Morgan fingerprint density at radius 2 is 1.89 bits per heavy atom. The van der Waals surface area contributed by atoms with Crippen molar-refractivity contribution in [3.63, 3.8) is 0 Å². The van der Waals surface area contributed by atoms with Crippen molar-refractivity contribution in [3.05, 3.63) is 47.7 Å². The molecule has 0 bridgehead atoms. The molecule has 27 heavy (non-hydrogen) atoms. The zero-order valence-corrected chi connectivity index (χ0v) is 16.2. The first kappa shape index (κ1) is 18.5. The zero-order valence-electron chi connectivity index (χ0n) is 16.2. The van der Waals surface area contributed by atoms with Crippen LogP contribution in [0.1, 0.15) is 51.0 Å². The second-order valence-corrected chi connectivity index (χ2v) is 7.91. The summed E-state index contributed by atoms with van der Waals surface area (Å²) in [4.78, 5) is 14.8. The van der Waals surface area contributed by atoms with E-state index in [-0.39, 0.29) is 24.2 Å². The van der Waals surface area contributed by atoms with E-state index in [0.29, 0.717) is 13.0 Å². The van der Waals surface area contributed by atoms with Crippen molar-refractivity contribution in [3.8, 4) is 0 Å². The Labute approximate surface area is 161 Å². The van der Waals surface area contributed by atoms with E-state index in [0.717, 1.165) is 37.0 Å². The van der Waals surface area contributed by atoms with Gasteiger partial charge in [-0.2, -0.15) is 0 Å². The van der Waals surface area contributed by atoms with Crippen molar-refractivity contribution in [2.24, 2.45) is 0 Å². The Morgan fingerprint density at radius 1 is 1.15 bits per heavy atom. The first-order valence-corrected chi connectivity index (χ1v) is 10.0. The fourth-order valence-electron chi connectivity index (χ4n) is 4.67. The molecule has 2 heterocycles. The van der Waals surface area contributed by atoms with Gasteiger partial charge in [0.1, 0.15) is 11.9 Å². The van der Waals surface area contributed by atoms with Gasteiger partial charge in [0.2, 0.25) is 0 Å². The van der Waals surface area contributed by atoms with E-state index >= 15 is 0 Å². The molecule has 1 amide bonds. The Morgan fingerprint density at radius 3 is 2.59 bits per heavy atom. The van der Waals surface area contributed by atoms with Crippen LogP contribution >= 0.6 is 0 Å². The Bertz CT molecular complexity index is 696. The van der Waals surface area contributed by atoms with Gasteiger partial charge in [-0.1, -0.05) is 36.8 Å². The quantitative estimate of drug-likeness (QED) is 0.808. The summed E-state index contributed by atoms with van der Waals surface area (Å²) in [5, 5.41) is 0. The molecule has 5 heteroatoms. The minimum absolute atomic E-state index is 0.0210. The molecule has 1 saturated heterocycles. The minimum Gasteiger partial charge on any atom is -0.501 e. The number of hydrogen-bond acceptors (Lipinski definition) is 4. The monoisotopic (exact) mass is 371 g/mol. The van der Waals surface area contributed by atoms with Gasteiger partial charge >= 0.3 is 0 Å². The van der Waals surface area contributed by atoms with Crippen LogP contribution < -0.4 is 0 Å². The molecule has 3 atom stereocenters. The molecule has 146 valence electrons. The van der Waals surface area contributed by atoms with E-state index in [4.69, 9.17) is 14.2 Å². The maximum Gasteiger partial charge on any atom is 0.250 e. The van der Waals surface area contributed by atoms with E-state index in [2.05, 4.69) is 19.1 Å². The molecule has 1 spiro atoms. The first-order chi connectivity index (χ1) is 13.1. The maximum absolute atomic E-state index is 12.9. The van der Waals surface area contributed by atoms with Crippen molar-refractivity contribution >= 4 is 5.91 Å². The number of rotatable bonds is 4. The summed E-state index contributed by atoms with van der Waals surface area (Å²) in [6.07, 6.45) is 7.48. The van der Waals surface area contributed by atoms with Crippen LogP contribution in [-0.4, -0.2) is 42.0 Å². The molecule has 4 rings (SSSR count). The smallest absolute Gasteiger partial charge is 0.250 e. The van der Waals surface area contributed by atoms with Crippen LogP contribution in [0.4, 0.5) is 0 Å². The molecule has 1 aromatic rings. The van der Waals surface area contributed by atoms with E-state index in [1.165, 1.54) is 6.42 Å². The molecule has 0 radical (unpaired) electrons. The van der Waals surface area contributed by atoms with Crippen molar-refractivity contribution in [2.75, 3.05) is 7.11 Å². The molecule has 0 aromatic heterocycles. The molecule has 2 aliphatic heterocycles. The summed E-state index contributed by atoms with van der Waals surface area (Å²) in [7, 11) is 1.63. The number of ether oxygens (including phenoxy) is 3. The summed E-state index contributed by atoms with van der Waals surface area (Å²) in [6.45, 7) is 2.64. The van der Waals surface area contributed by atoms with Gasteiger partial charge in [-0.3, -0.25) is 4.79 Å². The third-order valence-corrected chi connectivity index (χ3v) is 6.04. The fraction of sp³-hybridized carbons (Fsp3) is 0.591. The lowest BCUT2D eigenvalue weighted by Gasteiger charge is -2.39. The van der Waals surface area contributed by atoms with Gasteiger partial charge in [0.25, 0.3) is 5.91 Å². The number of carbonyl (C=O) groups is 1. The topological polar surface area (TPSA) is 48.0 Å². The van der Waals surface area contributed by atoms with Gasteiger partial charge in [-0.25, -0.2) is 0 Å². The van der Waals surface area contributed by atoms with Gasteiger partial charge < -0.3 is 19.1 Å². The van der Waals surface area contributed by atoms with Crippen molar-refractivity contribution in [1.82, 2.24) is 4.90 Å². The van der Waals surface area contributed by atoms with Crippen molar-refractivity contribution in [2.45, 2.75) is 76.0 Å². The predicted molar refractivity (Wildman–Crippen MR) is 102 cm³/mol. The van der Waals surface area contributed by atoms with Crippen LogP contribution in [0.2, 0.25) is 0 Å². The van der Waals surface area contributed by atoms with Crippen LogP contribution in [-0.2, 0) is 25.5 Å². The molecule has 0 unspecified atom stereocenters. The predicted octanol–water partition coefficient (Wildman–Crippen LogP) is 3.78. The van der Waals surface area contributed by atoms with Crippen LogP contribution in [0, 0.1) is 0 Å². The number of amides is 1. The van der Waals surface area contributed by atoms with Crippen LogP contribution in [0.25, 0.3) is 0 Å². The lowest BCUT2D eigenvalue weighted by atomic mass is 9.94. The Kier molecular flexibility index (Phi) is 5.24. The van der Waals surface area contributed by atoms with Gasteiger partial charge in [0.15, 0.2) is 5.79 Å². The lowest BCUT2D eigenvalue weighted by Crippen LogP contribution is -2.51. The molecule has 5 nitrogen and oxygen atoms in total. The lowest BCUT2D eigenvalue weighted by molar-refractivity contribution is -0.198. The van der Waals surface area contributed by atoms with E-state index in [1.54, 1.807) is 13.2 Å². The third kappa shape index (κ3) is 3.76. The van der Waals surface area contributed by atoms with Gasteiger partial charge in [0.05, 0.1) is 19.3 Å². The molecule has 2 fully saturated rings. The highest BCUT2D eigenvalue weighted by atomic mass is 16.8. The highest BCUT2D eigenvalue weighted by molar-refractivity contribution is 5.89. The zero-order chi connectivity index (χ0) is 18.9. The Balaban J connectivity index is 1.59. The minimum atomic E-state index is -0.460. The molecule has 1 saturated carbocycles. The van der Waals surface area contributed by atoms with Crippen molar-refractivity contribution < 1.29 is 19.0 Å². The summed E-state index contributed by atoms with van der Waals surface area (Å²) < 4.78 is 18.3. The number of nitrogens with zero attached hydrogens (tertiary/aromatic N) is 1. The van der Waals surface area contributed by atoms with Crippen molar-refractivity contribution in [1.29, 1.82) is 0 Å². The highest BCUT2D eigenvalue weighted by Gasteiger charge is 2.51. The normalized spacial score (nSPS) is 30.4. The molecule has 3 aliphatic rings. The van der Waals surface area contributed by atoms with E-state index in [9.17, 15) is 4.79 Å². The summed E-state index contributed by atoms with van der Waals surface area (Å²) >= 11 is 0. The number of carbonyl (C=O) groups excluding carboxylic acids is 1. The SMILES string of the molecule is COC1=CC(=O)N(Cc2ccccc2)[C@H]([C@H]2OC3(CCCCC3)O[C@@H]2C)C1. The summed E-state index contributed by atoms with van der Waals surface area (Å²) in [5.41, 5.74) is 1.11. The molecule has 1 aromatic carbocycles. The number of methoxy groups -OCH3 is 1. The van der Waals surface area contributed by atoms with E-state index in [1.807, 2.05) is 23.1 Å². The van der Waals surface area contributed by atoms with Crippen LogP contribution in [0.15, 0.2) is 42.2 Å². The number of hydrogen-bond donors (Lipinski definition) is 0. The third-order valence-electron chi connectivity index (χ3n) is 6.04. The highest BCUT2D eigenvalue weighted by Crippen LogP contribution is 2.43. The van der Waals surface area contributed by atoms with Gasteiger partial charge in [-0.15, -0.1) is 0 Å². The molecular weight excluding hydrogens is 342 g/mol. The average molecular weight is 371 g/mol. The maximum atomic E-state index is 12.9. The standard InChI is InChI=1S/C22H29NO4/c1-16-21(27-22(26-16)11-7-4-8-12-22)19-13-18(25-2)14-20(24)23(19)15-17-9-5-3-6-10-17/h3,5-6,9-10,14,16,19,21H,4,7-8,11-13,15H2,1-2H3/t16-,19+,21+/m1/s1. The second kappa shape index (κ2) is 7.64. The fourth-order valence-corrected chi connectivity index (χ4v) is 4.67. The number of benzene rings is 1. The summed E-state index contributed by atoms with van der Waals surface area (Å²) in [5.74, 6) is 0.236. The molecule has 0 N–H and O–H groups in total. The van der Waals surface area contributed by atoms with Crippen LogP contribution in [0.3, 0.4) is 0 Å². The Hall–Kier alpha value is -1.85. The largest absolute Gasteiger partial charge is 0.501 e. The van der Waals surface area contributed by atoms with Gasteiger partial charge in [-0.05, 0) is 25.3 Å². The van der Waals surface area contributed by atoms with Crippen LogP contribution in [0.5, 0.6) is 0 Å². The molecular formula is C22H29NO4. The van der Waals surface area contributed by atoms with Gasteiger partial charge in [0, 0.05) is 31.9 Å². The average Bonchev–Trinajstić information content (AvgIpc) is 3.00.